The lowest BCUT2D eigenvalue weighted by atomic mass is 9.95. The van der Waals surface area contributed by atoms with Crippen LogP contribution in [0.25, 0.3) is 22.6 Å². The first-order valence-corrected chi connectivity index (χ1v) is 12.0. The minimum absolute atomic E-state index is 0.183. The zero-order valence-corrected chi connectivity index (χ0v) is 19.1. The molecule has 170 valence electrons. The Bertz CT molecular complexity index is 1340. The van der Waals surface area contributed by atoms with Gasteiger partial charge >= 0.3 is 5.63 Å². The van der Waals surface area contributed by atoms with Crippen LogP contribution in [0.15, 0.2) is 61.4 Å². The summed E-state index contributed by atoms with van der Waals surface area (Å²) in [6.45, 7) is 1.44. The monoisotopic (exact) mass is 464 g/mol. The molecule has 1 amide bonds. The lowest BCUT2D eigenvalue weighted by Crippen LogP contribution is -2.15. The fourth-order valence-electron chi connectivity index (χ4n) is 4.39. The molecule has 1 N–H and O–H groups in total. The fraction of sp³-hybridized carbons (Fsp3) is 0.333. The molecule has 33 heavy (non-hydrogen) atoms. The van der Waals surface area contributed by atoms with Gasteiger partial charge in [0, 0.05) is 41.9 Å². The molecule has 0 saturated heterocycles. The molecule has 1 aliphatic rings. The molecule has 8 nitrogen and oxygen atoms in total. The Morgan fingerprint density at radius 2 is 2.03 bits per heavy atom. The highest BCUT2D eigenvalue weighted by Crippen LogP contribution is 2.37. The highest BCUT2D eigenvalue weighted by molar-refractivity contribution is 7.98. The Balaban J connectivity index is 1.47. The van der Waals surface area contributed by atoms with Crippen molar-refractivity contribution in [2.75, 3.05) is 5.32 Å². The lowest BCUT2D eigenvalue weighted by molar-refractivity contribution is -0.114. The molecule has 1 saturated carbocycles. The molecule has 0 radical (unpaired) electrons. The second-order valence-corrected chi connectivity index (χ2v) is 9.16. The van der Waals surface area contributed by atoms with E-state index in [4.69, 9.17) is 8.83 Å². The smallest absolute Gasteiger partial charge is 0.336 e. The highest BCUT2D eigenvalue weighted by atomic mass is 32.2. The number of hydrogen-bond acceptors (Lipinski definition) is 7. The van der Waals surface area contributed by atoms with Crippen LogP contribution in [-0.4, -0.2) is 20.7 Å². The summed E-state index contributed by atoms with van der Waals surface area (Å²) >= 11 is 1.55. The fourth-order valence-corrected chi connectivity index (χ4v) is 5.39. The third-order valence-electron chi connectivity index (χ3n) is 5.85. The highest BCUT2D eigenvalue weighted by Gasteiger charge is 2.25. The van der Waals surface area contributed by atoms with Crippen molar-refractivity contribution in [1.29, 1.82) is 0 Å². The van der Waals surface area contributed by atoms with E-state index in [0.29, 0.717) is 28.8 Å². The lowest BCUT2D eigenvalue weighted by Gasteiger charge is -2.25. The topological polar surface area (TPSA) is 103 Å². The summed E-state index contributed by atoms with van der Waals surface area (Å²) in [4.78, 5) is 23.6. The second kappa shape index (κ2) is 9.27. The Morgan fingerprint density at radius 1 is 1.18 bits per heavy atom. The molecule has 9 heteroatoms. The summed E-state index contributed by atoms with van der Waals surface area (Å²) in [6.07, 6.45) is 7.44. The van der Waals surface area contributed by atoms with Gasteiger partial charge in [-0.15, -0.1) is 10.2 Å². The number of fused-ring (bicyclic) bond motifs is 1. The van der Waals surface area contributed by atoms with Crippen molar-refractivity contribution < 1.29 is 13.6 Å². The Hall–Kier alpha value is -3.33. The molecule has 5 rings (SSSR count). The average Bonchev–Trinajstić information content (AvgIpc) is 3.47. The normalized spacial score (nSPS) is 14.6. The predicted octanol–water partition coefficient (Wildman–Crippen LogP) is 5.40. The van der Waals surface area contributed by atoms with E-state index < -0.39 is 5.63 Å². The maximum atomic E-state index is 12.2. The van der Waals surface area contributed by atoms with Gasteiger partial charge < -0.3 is 14.2 Å². The van der Waals surface area contributed by atoms with Crippen molar-refractivity contribution in [1.82, 2.24) is 14.8 Å². The summed E-state index contributed by atoms with van der Waals surface area (Å²) in [5.74, 6) is 1.80. The third kappa shape index (κ3) is 4.59. The van der Waals surface area contributed by atoms with Crippen LogP contribution in [0.4, 0.5) is 5.69 Å². The number of hydrogen-bond donors (Lipinski definition) is 1. The van der Waals surface area contributed by atoms with E-state index in [1.54, 1.807) is 30.2 Å². The molecule has 1 aromatic carbocycles. The number of benzene rings is 1. The zero-order chi connectivity index (χ0) is 22.8. The molecular weight excluding hydrogens is 440 g/mol. The van der Waals surface area contributed by atoms with Gasteiger partial charge in [-0.25, -0.2) is 4.79 Å². The molecule has 0 spiro atoms. The van der Waals surface area contributed by atoms with Crippen molar-refractivity contribution in [3.05, 3.63) is 58.6 Å². The Labute approximate surface area is 194 Å². The molecule has 3 aromatic heterocycles. The van der Waals surface area contributed by atoms with Gasteiger partial charge in [0.25, 0.3) is 0 Å². The van der Waals surface area contributed by atoms with Gasteiger partial charge in [-0.3, -0.25) is 9.36 Å². The third-order valence-corrected chi connectivity index (χ3v) is 6.85. The predicted molar refractivity (Wildman–Crippen MR) is 126 cm³/mol. The first kappa shape index (κ1) is 21.5. The average molecular weight is 465 g/mol. The van der Waals surface area contributed by atoms with Crippen molar-refractivity contribution in [3.8, 4) is 11.6 Å². The minimum atomic E-state index is -0.428. The molecule has 4 aromatic rings. The number of rotatable bonds is 6. The van der Waals surface area contributed by atoms with E-state index in [1.807, 2.05) is 18.2 Å². The maximum absolute atomic E-state index is 12.2. The number of nitrogens with one attached hydrogen (secondary N) is 1. The summed E-state index contributed by atoms with van der Waals surface area (Å²) in [7, 11) is 0. The van der Waals surface area contributed by atoms with Gasteiger partial charge in [-0.05, 0) is 42.7 Å². The van der Waals surface area contributed by atoms with Gasteiger partial charge in [0.1, 0.15) is 5.58 Å². The van der Waals surface area contributed by atoms with Crippen LogP contribution in [0.5, 0.6) is 0 Å². The van der Waals surface area contributed by atoms with Crippen LogP contribution < -0.4 is 10.9 Å². The van der Waals surface area contributed by atoms with E-state index in [9.17, 15) is 9.59 Å². The minimum Gasteiger partial charge on any atom is -0.461 e. The van der Waals surface area contributed by atoms with Gasteiger partial charge in [0.05, 0.1) is 6.26 Å². The van der Waals surface area contributed by atoms with Crippen molar-refractivity contribution >= 4 is 34.3 Å². The van der Waals surface area contributed by atoms with Crippen molar-refractivity contribution in [3.63, 3.8) is 0 Å². The van der Waals surface area contributed by atoms with Crippen LogP contribution >= 0.6 is 11.8 Å². The molecule has 1 fully saturated rings. The summed E-state index contributed by atoms with van der Waals surface area (Å²) in [5, 5.41) is 13.3. The quantitative estimate of drug-likeness (QED) is 0.301. The van der Waals surface area contributed by atoms with E-state index in [2.05, 4.69) is 20.1 Å². The maximum Gasteiger partial charge on any atom is 0.336 e. The number of thioether (sulfide) groups is 1. The van der Waals surface area contributed by atoms with E-state index in [1.165, 1.54) is 32.3 Å². The summed E-state index contributed by atoms with van der Waals surface area (Å²) < 4.78 is 13.2. The van der Waals surface area contributed by atoms with Crippen LogP contribution in [0.2, 0.25) is 0 Å². The molecule has 0 aliphatic heterocycles. The molecule has 0 bridgehead atoms. The van der Waals surface area contributed by atoms with Crippen LogP contribution in [0.3, 0.4) is 0 Å². The number of aromatic nitrogens is 3. The molecular formula is C24H24N4O4S. The van der Waals surface area contributed by atoms with E-state index >= 15 is 0 Å². The molecule has 0 unspecified atom stereocenters. The zero-order valence-electron chi connectivity index (χ0n) is 18.2. The second-order valence-electron chi connectivity index (χ2n) is 8.22. The summed E-state index contributed by atoms with van der Waals surface area (Å²) in [5.41, 5.74) is 1.44. The van der Waals surface area contributed by atoms with Crippen LogP contribution in [0.1, 0.15) is 50.6 Å². The molecule has 3 heterocycles. The van der Waals surface area contributed by atoms with E-state index in [0.717, 1.165) is 34.8 Å². The van der Waals surface area contributed by atoms with Crippen LogP contribution in [-0.2, 0) is 10.5 Å². The number of carbonyl (C=O) groups is 1. The molecule has 1 aliphatic carbocycles. The van der Waals surface area contributed by atoms with Crippen molar-refractivity contribution in [2.24, 2.45) is 0 Å². The number of furan rings is 1. The summed E-state index contributed by atoms with van der Waals surface area (Å²) in [6, 6.07) is 10.9. The first-order chi connectivity index (χ1) is 16.1. The van der Waals surface area contributed by atoms with Gasteiger partial charge in [-0.1, -0.05) is 31.0 Å². The number of anilines is 1. The Kier molecular flexibility index (Phi) is 6.04. The van der Waals surface area contributed by atoms with Gasteiger partial charge in [-0.2, -0.15) is 0 Å². The SMILES string of the molecule is CC(=O)Nc1ccc2c(CSc3nnc(-c4ccco4)n3C3CCCCC3)cc(=O)oc2c1. The number of carbonyl (C=O) groups excluding carboxylic acids is 1. The first-order valence-electron chi connectivity index (χ1n) is 11.0. The largest absolute Gasteiger partial charge is 0.461 e. The number of nitrogens with zero attached hydrogens (tertiary/aromatic N) is 3. The van der Waals surface area contributed by atoms with Crippen LogP contribution in [0, 0.1) is 0 Å². The van der Waals surface area contributed by atoms with Gasteiger partial charge in [0.2, 0.25) is 11.7 Å². The molecule has 0 atom stereocenters. The van der Waals surface area contributed by atoms with E-state index in [-0.39, 0.29) is 5.91 Å². The Morgan fingerprint density at radius 3 is 2.79 bits per heavy atom. The standard InChI is InChI=1S/C24H24N4O4S/c1-15(29)25-17-9-10-19-16(12-22(30)32-21(19)13-17)14-33-24-27-26-23(20-8-5-11-31-20)28(24)18-6-3-2-4-7-18/h5,8-13,18H,2-4,6-7,14H2,1H3,(H,25,29). The van der Waals surface area contributed by atoms with Gasteiger partial charge in [0.15, 0.2) is 10.9 Å². The number of amides is 1. The van der Waals surface area contributed by atoms with Crippen molar-refractivity contribution in [2.45, 2.75) is 56.0 Å².